The fourth-order valence-corrected chi connectivity index (χ4v) is 1.95. The summed E-state index contributed by atoms with van der Waals surface area (Å²) >= 11 is 0. The SMILES string of the molecule is Cc1c(C=NNC(=O)c2ccc(O)cc2)c(=O)n(C)c(=O)n1C. The van der Waals surface area contributed by atoms with Crippen molar-refractivity contribution in [3.8, 4) is 5.75 Å². The van der Waals surface area contributed by atoms with Gasteiger partial charge >= 0.3 is 5.69 Å². The van der Waals surface area contributed by atoms with Crippen LogP contribution in [0.3, 0.4) is 0 Å². The minimum Gasteiger partial charge on any atom is -0.508 e. The Hall–Kier alpha value is -3.16. The maximum atomic E-state index is 12.1. The molecule has 2 rings (SSSR count). The Balaban J connectivity index is 2.25. The van der Waals surface area contributed by atoms with Gasteiger partial charge in [-0.3, -0.25) is 14.2 Å². The van der Waals surface area contributed by atoms with Gasteiger partial charge in [0.2, 0.25) is 0 Å². The summed E-state index contributed by atoms with van der Waals surface area (Å²) in [5, 5.41) is 12.9. The van der Waals surface area contributed by atoms with Crippen LogP contribution in [0.1, 0.15) is 21.6 Å². The first-order valence-corrected chi connectivity index (χ1v) is 6.72. The standard InChI is InChI=1S/C15H16N4O4/c1-9-12(14(22)19(3)15(23)18(9)2)8-16-17-13(21)10-4-6-11(20)7-5-10/h4-8,20H,1-3H3,(H,17,21). The molecule has 0 saturated heterocycles. The number of nitrogens with zero attached hydrogens (tertiary/aromatic N) is 3. The Morgan fingerprint density at radius 2 is 1.78 bits per heavy atom. The summed E-state index contributed by atoms with van der Waals surface area (Å²) in [4.78, 5) is 35.7. The molecule has 0 aliphatic heterocycles. The van der Waals surface area contributed by atoms with Crippen LogP contribution in [0.2, 0.25) is 0 Å². The predicted molar refractivity (Wildman–Crippen MR) is 84.8 cm³/mol. The summed E-state index contributed by atoms with van der Waals surface area (Å²) in [5.74, 6) is -0.435. The molecular weight excluding hydrogens is 300 g/mol. The molecule has 1 aromatic carbocycles. The second-order valence-corrected chi connectivity index (χ2v) is 4.95. The quantitative estimate of drug-likeness (QED) is 0.607. The van der Waals surface area contributed by atoms with Crippen LogP contribution in [-0.2, 0) is 14.1 Å². The van der Waals surface area contributed by atoms with Gasteiger partial charge in [-0.1, -0.05) is 0 Å². The molecule has 0 saturated carbocycles. The van der Waals surface area contributed by atoms with Gasteiger partial charge in [0.15, 0.2) is 0 Å². The number of carbonyl (C=O) groups excluding carboxylic acids is 1. The zero-order chi connectivity index (χ0) is 17.1. The van der Waals surface area contributed by atoms with Crippen molar-refractivity contribution in [2.24, 2.45) is 19.2 Å². The third-order valence-corrected chi connectivity index (χ3v) is 3.49. The van der Waals surface area contributed by atoms with Crippen molar-refractivity contribution in [3.05, 3.63) is 61.9 Å². The molecule has 0 aliphatic rings. The molecule has 120 valence electrons. The van der Waals surface area contributed by atoms with E-state index in [1.54, 1.807) is 14.0 Å². The molecule has 0 unspecified atom stereocenters. The molecule has 8 nitrogen and oxygen atoms in total. The number of phenols is 1. The van der Waals surface area contributed by atoms with Gasteiger partial charge in [0.1, 0.15) is 5.75 Å². The van der Waals surface area contributed by atoms with Gasteiger partial charge in [0, 0.05) is 25.4 Å². The van der Waals surface area contributed by atoms with Crippen molar-refractivity contribution >= 4 is 12.1 Å². The van der Waals surface area contributed by atoms with Crippen molar-refractivity contribution in [1.29, 1.82) is 0 Å². The lowest BCUT2D eigenvalue weighted by Crippen LogP contribution is -2.40. The Morgan fingerprint density at radius 3 is 2.39 bits per heavy atom. The lowest BCUT2D eigenvalue weighted by atomic mass is 10.2. The van der Waals surface area contributed by atoms with E-state index in [1.807, 2.05) is 0 Å². The highest BCUT2D eigenvalue weighted by Crippen LogP contribution is 2.09. The van der Waals surface area contributed by atoms with E-state index in [4.69, 9.17) is 0 Å². The smallest absolute Gasteiger partial charge is 0.330 e. The van der Waals surface area contributed by atoms with E-state index in [0.717, 1.165) is 4.57 Å². The molecule has 0 radical (unpaired) electrons. The van der Waals surface area contributed by atoms with E-state index in [2.05, 4.69) is 10.5 Å². The number of aromatic nitrogens is 2. The van der Waals surface area contributed by atoms with Gasteiger partial charge in [-0.15, -0.1) is 0 Å². The van der Waals surface area contributed by atoms with Crippen molar-refractivity contribution < 1.29 is 9.90 Å². The second-order valence-electron chi connectivity index (χ2n) is 4.95. The molecule has 0 aliphatic carbocycles. The normalized spacial score (nSPS) is 10.9. The fraction of sp³-hybridized carbons (Fsp3) is 0.200. The molecule has 2 aromatic rings. The highest BCUT2D eigenvalue weighted by atomic mass is 16.3. The summed E-state index contributed by atoms with van der Waals surface area (Å²) < 4.78 is 2.29. The second kappa shape index (κ2) is 6.30. The van der Waals surface area contributed by atoms with Crippen LogP contribution < -0.4 is 16.7 Å². The zero-order valence-electron chi connectivity index (χ0n) is 12.9. The average molecular weight is 316 g/mol. The first kappa shape index (κ1) is 16.2. The van der Waals surface area contributed by atoms with Crippen molar-refractivity contribution in [3.63, 3.8) is 0 Å². The molecule has 1 heterocycles. The molecular formula is C15H16N4O4. The van der Waals surface area contributed by atoms with Crippen LogP contribution in [0, 0.1) is 6.92 Å². The topological polar surface area (TPSA) is 106 Å². The molecule has 1 amide bonds. The van der Waals surface area contributed by atoms with E-state index in [0.29, 0.717) is 11.3 Å². The molecule has 0 bridgehead atoms. The molecule has 1 aromatic heterocycles. The Labute approximate surface area is 131 Å². The molecule has 0 spiro atoms. The number of phenolic OH excluding ortho intramolecular Hbond substituents is 1. The van der Waals surface area contributed by atoms with Gasteiger partial charge in [-0.2, -0.15) is 5.10 Å². The van der Waals surface area contributed by atoms with Gasteiger partial charge in [-0.05, 0) is 31.2 Å². The highest BCUT2D eigenvalue weighted by Gasteiger charge is 2.10. The molecule has 8 heteroatoms. The largest absolute Gasteiger partial charge is 0.508 e. The van der Waals surface area contributed by atoms with Gasteiger partial charge in [-0.25, -0.2) is 10.2 Å². The Morgan fingerprint density at radius 1 is 1.17 bits per heavy atom. The van der Waals surface area contributed by atoms with Crippen LogP contribution in [0.4, 0.5) is 0 Å². The minimum atomic E-state index is -0.492. The number of benzene rings is 1. The number of hydrogen-bond donors (Lipinski definition) is 2. The van der Waals surface area contributed by atoms with Gasteiger partial charge < -0.3 is 9.67 Å². The number of hydrazone groups is 1. The summed E-state index contributed by atoms with van der Waals surface area (Å²) in [5.41, 5.74) is 2.33. The van der Waals surface area contributed by atoms with Crippen LogP contribution in [0.25, 0.3) is 0 Å². The van der Waals surface area contributed by atoms with Gasteiger partial charge in [0.05, 0.1) is 11.8 Å². The van der Waals surface area contributed by atoms with E-state index in [9.17, 15) is 19.5 Å². The third-order valence-electron chi connectivity index (χ3n) is 3.49. The number of carbonyl (C=O) groups is 1. The minimum absolute atomic E-state index is 0.0503. The monoisotopic (exact) mass is 316 g/mol. The summed E-state index contributed by atoms with van der Waals surface area (Å²) in [7, 11) is 2.92. The van der Waals surface area contributed by atoms with Crippen LogP contribution in [0.15, 0.2) is 39.0 Å². The number of hydrogen-bond acceptors (Lipinski definition) is 5. The molecule has 0 fully saturated rings. The van der Waals surface area contributed by atoms with Crippen LogP contribution in [0.5, 0.6) is 5.75 Å². The fourth-order valence-electron chi connectivity index (χ4n) is 1.95. The first-order valence-electron chi connectivity index (χ1n) is 6.72. The lowest BCUT2D eigenvalue weighted by Gasteiger charge is -2.08. The summed E-state index contributed by atoms with van der Waals surface area (Å²) in [6, 6.07) is 5.64. The first-order chi connectivity index (χ1) is 10.8. The maximum Gasteiger partial charge on any atom is 0.330 e. The van der Waals surface area contributed by atoms with Crippen molar-refractivity contribution in [2.45, 2.75) is 6.92 Å². The number of nitrogens with one attached hydrogen (secondary N) is 1. The maximum absolute atomic E-state index is 12.1. The van der Waals surface area contributed by atoms with E-state index in [1.165, 1.54) is 42.1 Å². The highest BCUT2D eigenvalue weighted by molar-refractivity contribution is 5.95. The number of rotatable bonds is 3. The summed E-state index contributed by atoms with van der Waals surface area (Å²) in [6.45, 7) is 1.62. The van der Waals surface area contributed by atoms with E-state index >= 15 is 0 Å². The molecule has 2 N–H and O–H groups in total. The van der Waals surface area contributed by atoms with Crippen LogP contribution >= 0.6 is 0 Å². The molecule has 0 atom stereocenters. The average Bonchev–Trinajstić information content (AvgIpc) is 2.54. The third kappa shape index (κ3) is 3.20. The number of amides is 1. The van der Waals surface area contributed by atoms with Crippen molar-refractivity contribution in [1.82, 2.24) is 14.6 Å². The van der Waals surface area contributed by atoms with E-state index in [-0.39, 0.29) is 11.3 Å². The van der Waals surface area contributed by atoms with E-state index < -0.39 is 17.2 Å². The van der Waals surface area contributed by atoms with Gasteiger partial charge in [0.25, 0.3) is 11.5 Å². The van der Waals surface area contributed by atoms with Crippen molar-refractivity contribution in [2.75, 3.05) is 0 Å². The zero-order valence-corrected chi connectivity index (χ0v) is 12.9. The lowest BCUT2D eigenvalue weighted by molar-refractivity contribution is 0.0955. The van der Waals surface area contributed by atoms with Crippen LogP contribution in [-0.4, -0.2) is 26.4 Å². The number of aromatic hydroxyl groups is 1. The predicted octanol–water partition coefficient (Wildman–Crippen LogP) is -0.138. The molecule has 23 heavy (non-hydrogen) atoms. The Bertz CT molecular complexity index is 891. The summed E-state index contributed by atoms with van der Waals surface area (Å²) in [6.07, 6.45) is 1.20. The Kier molecular flexibility index (Phi) is 4.44.